The number of ether oxygens (including phenoxy) is 1. The first-order valence-electron chi connectivity index (χ1n) is 6.96. The van der Waals surface area contributed by atoms with E-state index in [4.69, 9.17) is 4.74 Å². The van der Waals surface area contributed by atoms with Crippen LogP contribution < -0.4 is 5.32 Å². The standard InChI is InChI=1S/C18H19NO2/c1-3-21-18(20)17(15-11-9-14(2)10-12-15)13-19-16-7-5-4-6-8-16/h4-13,19H,3H2,1-2H3/b17-13-. The van der Waals surface area contributed by atoms with Crippen molar-refractivity contribution in [3.63, 3.8) is 0 Å². The lowest BCUT2D eigenvalue weighted by Gasteiger charge is -2.09. The SMILES string of the molecule is CCOC(=O)/C(=C\Nc1ccccc1)c1ccc(C)cc1. The molecule has 108 valence electrons. The maximum atomic E-state index is 12.1. The highest BCUT2D eigenvalue weighted by molar-refractivity contribution is 6.16. The lowest BCUT2D eigenvalue weighted by Crippen LogP contribution is -2.08. The van der Waals surface area contributed by atoms with E-state index in [0.717, 1.165) is 16.8 Å². The van der Waals surface area contributed by atoms with Crippen molar-refractivity contribution in [1.29, 1.82) is 0 Å². The molecule has 0 aromatic heterocycles. The van der Waals surface area contributed by atoms with Crippen LogP contribution in [0.5, 0.6) is 0 Å². The van der Waals surface area contributed by atoms with E-state index in [1.807, 2.05) is 61.5 Å². The maximum Gasteiger partial charge on any atom is 0.340 e. The maximum absolute atomic E-state index is 12.1. The van der Waals surface area contributed by atoms with Crippen molar-refractivity contribution in [3.8, 4) is 0 Å². The molecular formula is C18H19NO2. The summed E-state index contributed by atoms with van der Waals surface area (Å²) in [6.07, 6.45) is 1.69. The average Bonchev–Trinajstić information content (AvgIpc) is 2.50. The van der Waals surface area contributed by atoms with Gasteiger partial charge in [0.2, 0.25) is 0 Å². The molecule has 0 saturated heterocycles. The van der Waals surface area contributed by atoms with Gasteiger partial charge in [-0.15, -0.1) is 0 Å². The van der Waals surface area contributed by atoms with Crippen LogP contribution in [0.1, 0.15) is 18.1 Å². The Morgan fingerprint density at radius 1 is 1.10 bits per heavy atom. The zero-order valence-corrected chi connectivity index (χ0v) is 12.3. The predicted octanol–water partition coefficient (Wildman–Crippen LogP) is 4.01. The fourth-order valence-corrected chi connectivity index (χ4v) is 1.89. The first-order valence-corrected chi connectivity index (χ1v) is 6.96. The number of hydrogen-bond acceptors (Lipinski definition) is 3. The van der Waals surface area contributed by atoms with E-state index >= 15 is 0 Å². The second-order valence-electron chi connectivity index (χ2n) is 4.65. The van der Waals surface area contributed by atoms with Crippen LogP contribution in [-0.4, -0.2) is 12.6 Å². The molecule has 2 aromatic rings. The van der Waals surface area contributed by atoms with Crippen LogP contribution in [0.3, 0.4) is 0 Å². The Morgan fingerprint density at radius 3 is 2.38 bits per heavy atom. The number of anilines is 1. The summed E-state index contributed by atoms with van der Waals surface area (Å²) in [6, 6.07) is 17.5. The van der Waals surface area contributed by atoms with Crippen molar-refractivity contribution in [2.45, 2.75) is 13.8 Å². The first kappa shape index (κ1) is 14.9. The Labute approximate surface area is 125 Å². The van der Waals surface area contributed by atoms with Gasteiger partial charge in [-0.3, -0.25) is 0 Å². The van der Waals surface area contributed by atoms with Crippen LogP contribution in [0.2, 0.25) is 0 Å². The van der Waals surface area contributed by atoms with Crippen molar-refractivity contribution >= 4 is 17.2 Å². The number of esters is 1. The Morgan fingerprint density at radius 2 is 1.76 bits per heavy atom. The van der Waals surface area contributed by atoms with Gasteiger partial charge in [-0.1, -0.05) is 48.0 Å². The van der Waals surface area contributed by atoms with E-state index in [9.17, 15) is 4.79 Å². The third kappa shape index (κ3) is 4.21. The van der Waals surface area contributed by atoms with E-state index in [1.165, 1.54) is 0 Å². The highest BCUT2D eigenvalue weighted by Gasteiger charge is 2.12. The molecule has 3 nitrogen and oxygen atoms in total. The number of nitrogens with one attached hydrogen (secondary N) is 1. The number of para-hydroxylation sites is 1. The summed E-state index contributed by atoms with van der Waals surface area (Å²) >= 11 is 0. The van der Waals surface area contributed by atoms with Crippen LogP contribution in [0.4, 0.5) is 5.69 Å². The van der Waals surface area contributed by atoms with E-state index in [0.29, 0.717) is 12.2 Å². The molecule has 0 fully saturated rings. The molecule has 0 saturated carbocycles. The summed E-state index contributed by atoms with van der Waals surface area (Å²) in [5, 5.41) is 3.13. The monoisotopic (exact) mass is 281 g/mol. The van der Waals surface area contributed by atoms with E-state index in [-0.39, 0.29) is 5.97 Å². The summed E-state index contributed by atoms with van der Waals surface area (Å²) in [5.74, 6) is -0.329. The van der Waals surface area contributed by atoms with Gasteiger partial charge in [0, 0.05) is 11.9 Å². The minimum absolute atomic E-state index is 0.329. The highest BCUT2D eigenvalue weighted by Crippen LogP contribution is 2.18. The van der Waals surface area contributed by atoms with Gasteiger partial charge in [-0.25, -0.2) is 4.79 Å². The number of benzene rings is 2. The number of hydrogen-bond donors (Lipinski definition) is 1. The van der Waals surface area contributed by atoms with Gasteiger partial charge in [0.25, 0.3) is 0 Å². The van der Waals surface area contributed by atoms with E-state index < -0.39 is 0 Å². The lowest BCUT2D eigenvalue weighted by atomic mass is 10.1. The van der Waals surface area contributed by atoms with Gasteiger partial charge in [0.15, 0.2) is 0 Å². The quantitative estimate of drug-likeness (QED) is 0.664. The number of rotatable bonds is 5. The van der Waals surface area contributed by atoms with Gasteiger partial charge >= 0.3 is 5.97 Å². The zero-order valence-electron chi connectivity index (χ0n) is 12.3. The molecular weight excluding hydrogens is 262 g/mol. The Balaban J connectivity index is 2.27. The summed E-state index contributed by atoms with van der Waals surface area (Å²) in [5.41, 5.74) is 3.42. The smallest absolute Gasteiger partial charge is 0.340 e. The van der Waals surface area contributed by atoms with Crippen LogP contribution in [0.15, 0.2) is 60.8 Å². The second kappa shape index (κ2) is 7.29. The molecule has 0 heterocycles. The topological polar surface area (TPSA) is 38.3 Å². The Bertz CT molecular complexity index is 615. The normalized spacial score (nSPS) is 11.0. The molecule has 0 radical (unpaired) electrons. The van der Waals surface area contributed by atoms with E-state index in [1.54, 1.807) is 13.1 Å². The molecule has 1 N–H and O–H groups in total. The summed E-state index contributed by atoms with van der Waals surface area (Å²) in [4.78, 5) is 12.1. The Kier molecular flexibility index (Phi) is 5.16. The van der Waals surface area contributed by atoms with Gasteiger partial charge in [-0.2, -0.15) is 0 Å². The van der Waals surface area contributed by atoms with Crippen molar-refractivity contribution < 1.29 is 9.53 Å². The van der Waals surface area contributed by atoms with Gasteiger partial charge in [0.05, 0.1) is 12.2 Å². The molecule has 0 aliphatic carbocycles. The summed E-state index contributed by atoms with van der Waals surface area (Å²) in [6.45, 7) is 4.17. The molecule has 21 heavy (non-hydrogen) atoms. The largest absolute Gasteiger partial charge is 0.462 e. The molecule has 2 rings (SSSR count). The van der Waals surface area contributed by atoms with Crippen LogP contribution in [0.25, 0.3) is 5.57 Å². The molecule has 2 aromatic carbocycles. The minimum Gasteiger partial charge on any atom is -0.462 e. The van der Waals surface area contributed by atoms with Crippen molar-refractivity contribution in [2.24, 2.45) is 0 Å². The van der Waals surface area contributed by atoms with Crippen molar-refractivity contribution in [3.05, 3.63) is 71.9 Å². The van der Waals surface area contributed by atoms with Crippen LogP contribution in [0, 0.1) is 6.92 Å². The summed E-state index contributed by atoms with van der Waals surface area (Å²) in [7, 11) is 0. The van der Waals surface area contributed by atoms with Crippen molar-refractivity contribution in [1.82, 2.24) is 0 Å². The third-order valence-corrected chi connectivity index (χ3v) is 3.01. The van der Waals surface area contributed by atoms with Gasteiger partial charge < -0.3 is 10.1 Å². The first-order chi connectivity index (χ1) is 10.2. The molecule has 0 spiro atoms. The predicted molar refractivity (Wildman–Crippen MR) is 85.9 cm³/mol. The average molecular weight is 281 g/mol. The fourth-order valence-electron chi connectivity index (χ4n) is 1.89. The number of aryl methyl sites for hydroxylation is 1. The highest BCUT2D eigenvalue weighted by atomic mass is 16.5. The second-order valence-corrected chi connectivity index (χ2v) is 4.65. The molecule has 3 heteroatoms. The fraction of sp³-hybridized carbons (Fsp3) is 0.167. The molecule has 0 bridgehead atoms. The summed E-state index contributed by atoms with van der Waals surface area (Å²) < 4.78 is 5.13. The number of carbonyl (C=O) groups is 1. The minimum atomic E-state index is -0.329. The Hall–Kier alpha value is -2.55. The van der Waals surface area contributed by atoms with Crippen LogP contribution in [-0.2, 0) is 9.53 Å². The number of carbonyl (C=O) groups excluding carboxylic acids is 1. The lowest BCUT2D eigenvalue weighted by molar-refractivity contribution is -0.136. The van der Waals surface area contributed by atoms with Crippen LogP contribution >= 0.6 is 0 Å². The zero-order chi connectivity index (χ0) is 15.1. The molecule has 0 amide bonds. The van der Waals surface area contributed by atoms with Crippen molar-refractivity contribution in [2.75, 3.05) is 11.9 Å². The van der Waals surface area contributed by atoms with E-state index in [2.05, 4.69) is 5.32 Å². The molecule has 0 aliphatic heterocycles. The molecule has 0 atom stereocenters. The molecule has 0 aliphatic rings. The molecule has 0 unspecified atom stereocenters. The third-order valence-electron chi connectivity index (χ3n) is 3.01. The van der Waals surface area contributed by atoms with Gasteiger partial charge in [-0.05, 0) is 31.5 Å². The van der Waals surface area contributed by atoms with Gasteiger partial charge in [0.1, 0.15) is 0 Å².